The minimum atomic E-state index is -4.22. The highest BCUT2D eigenvalue weighted by Crippen LogP contribution is 2.54. The molecule has 0 spiro atoms. The lowest BCUT2D eigenvalue weighted by atomic mass is 9.79. The van der Waals surface area contributed by atoms with Gasteiger partial charge in [-0.3, -0.25) is 4.79 Å². The summed E-state index contributed by atoms with van der Waals surface area (Å²) in [5.41, 5.74) is 0.595. The summed E-state index contributed by atoms with van der Waals surface area (Å²) in [5.74, 6) is -2.27. The molecule has 2 heterocycles. The van der Waals surface area contributed by atoms with Gasteiger partial charge in [-0.15, -0.1) is 0 Å². The third kappa shape index (κ3) is 3.28. The number of hydrogen-bond acceptors (Lipinski definition) is 4. The molecule has 5 rings (SSSR count). The van der Waals surface area contributed by atoms with Gasteiger partial charge in [0.05, 0.1) is 16.5 Å². The zero-order chi connectivity index (χ0) is 23.4. The second-order valence-electron chi connectivity index (χ2n) is 9.38. The molecule has 0 aromatic heterocycles. The Hall–Kier alpha value is -2.48. The summed E-state index contributed by atoms with van der Waals surface area (Å²) < 4.78 is 62.5. The Bertz CT molecular complexity index is 1190. The van der Waals surface area contributed by atoms with Crippen molar-refractivity contribution in [1.82, 2.24) is 4.90 Å². The smallest absolute Gasteiger partial charge is 0.226 e. The van der Waals surface area contributed by atoms with E-state index in [1.165, 1.54) is 12.1 Å². The summed E-state index contributed by atoms with van der Waals surface area (Å²) in [6, 6.07) is 7.33. The minimum absolute atomic E-state index is 0.0322. The summed E-state index contributed by atoms with van der Waals surface area (Å²) in [5, 5.41) is 0. The van der Waals surface area contributed by atoms with Crippen molar-refractivity contribution in [2.45, 2.75) is 61.1 Å². The number of ether oxygens (including phenoxy) is 1. The van der Waals surface area contributed by atoms with Gasteiger partial charge in [0.1, 0.15) is 17.2 Å². The summed E-state index contributed by atoms with van der Waals surface area (Å²) in [4.78, 5) is 15.1. The number of benzene rings is 2. The predicted octanol–water partition coefficient (Wildman–Crippen LogP) is 4.52. The van der Waals surface area contributed by atoms with Crippen LogP contribution in [0.5, 0.6) is 5.75 Å². The number of hydrogen-bond donors (Lipinski definition) is 0. The molecular formula is C25H27F2NO4S. The van der Waals surface area contributed by atoms with Crippen molar-refractivity contribution < 1.29 is 26.7 Å². The summed E-state index contributed by atoms with van der Waals surface area (Å²) >= 11 is 0. The fourth-order valence-electron chi connectivity index (χ4n) is 5.88. The molecule has 176 valence electrons. The van der Waals surface area contributed by atoms with Crippen molar-refractivity contribution in [1.29, 1.82) is 0 Å². The Morgan fingerprint density at radius 1 is 1.03 bits per heavy atom. The molecule has 8 heteroatoms. The van der Waals surface area contributed by atoms with E-state index in [0.29, 0.717) is 13.0 Å². The second kappa shape index (κ2) is 8.08. The van der Waals surface area contributed by atoms with E-state index in [-0.39, 0.29) is 41.1 Å². The van der Waals surface area contributed by atoms with E-state index in [0.717, 1.165) is 43.4 Å². The molecule has 2 aromatic rings. The number of aryl methyl sites for hydroxylation is 1. The molecule has 2 atom stereocenters. The van der Waals surface area contributed by atoms with E-state index < -0.39 is 32.3 Å². The lowest BCUT2D eigenvalue weighted by Crippen LogP contribution is -2.64. The van der Waals surface area contributed by atoms with Crippen LogP contribution in [0.1, 0.15) is 49.7 Å². The van der Waals surface area contributed by atoms with E-state index in [2.05, 4.69) is 0 Å². The molecule has 1 aliphatic carbocycles. The van der Waals surface area contributed by atoms with E-state index in [1.54, 1.807) is 17.0 Å². The van der Waals surface area contributed by atoms with E-state index in [1.807, 2.05) is 6.92 Å². The number of halogens is 2. The molecule has 5 nitrogen and oxygen atoms in total. The van der Waals surface area contributed by atoms with Gasteiger partial charge in [0, 0.05) is 12.5 Å². The first-order chi connectivity index (χ1) is 15.8. The van der Waals surface area contributed by atoms with Gasteiger partial charge in [-0.05, 0) is 56.9 Å². The van der Waals surface area contributed by atoms with E-state index in [9.17, 15) is 17.6 Å². The topological polar surface area (TPSA) is 63.7 Å². The Labute approximate surface area is 192 Å². The number of piperidine rings is 1. The van der Waals surface area contributed by atoms with Crippen LogP contribution in [-0.2, 0) is 19.4 Å². The highest BCUT2D eigenvalue weighted by atomic mass is 32.2. The van der Waals surface area contributed by atoms with E-state index >= 15 is 4.39 Å². The highest BCUT2D eigenvalue weighted by Gasteiger charge is 2.61. The quantitative estimate of drug-likeness (QED) is 0.655. The number of fused-ring (bicyclic) bond motifs is 3. The molecule has 0 radical (unpaired) electrons. The maximum atomic E-state index is 15.4. The first-order valence-electron chi connectivity index (χ1n) is 11.5. The molecule has 1 saturated heterocycles. The molecule has 0 unspecified atom stereocenters. The molecule has 1 saturated carbocycles. The number of sulfone groups is 1. The van der Waals surface area contributed by atoms with Crippen LogP contribution >= 0.6 is 0 Å². The van der Waals surface area contributed by atoms with Gasteiger partial charge in [-0.1, -0.05) is 30.5 Å². The maximum Gasteiger partial charge on any atom is 0.226 e. The van der Waals surface area contributed by atoms with Gasteiger partial charge in [0.2, 0.25) is 5.91 Å². The van der Waals surface area contributed by atoms with Crippen LogP contribution in [-0.4, -0.2) is 38.4 Å². The molecule has 2 fully saturated rings. The van der Waals surface area contributed by atoms with Crippen molar-refractivity contribution >= 4 is 15.7 Å². The Balaban J connectivity index is 1.73. The van der Waals surface area contributed by atoms with Crippen molar-refractivity contribution in [2.75, 3.05) is 13.2 Å². The van der Waals surface area contributed by atoms with Crippen LogP contribution in [0.25, 0.3) is 0 Å². The zero-order valence-corrected chi connectivity index (χ0v) is 19.3. The Kier molecular flexibility index (Phi) is 5.46. The maximum absolute atomic E-state index is 15.4. The average Bonchev–Trinajstić information content (AvgIpc) is 3.35. The molecule has 2 aliphatic heterocycles. The highest BCUT2D eigenvalue weighted by molar-refractivity contribution is 7.92. The summed E-state index contributed by atoms with van der Waals surface area (Å²) in [6.45, 7) is 2.02. The summed E-state index contributed by atoms with van der Waals surface area (Å²) in [7, 11) is -4.22. The van der Waals surface area contributed by atoms with Crippen LogP contribution in [0.4, 0.5) is 8.78 Å². The minimum Gasteiger partial charge on any atom is -0.488 e. The van der Waals surface area contributed by atoms with Crippen LogP contribution in [0, 0.1) is 24.5 Å². The largest absolute Gasteiger partial charge is 0.488 e. The van der Waals surface area contributed by atoms with Gasteiger partial charge in [0.15, 0.2) is 21.4 Å². The molecule has 33 heavy (non-hydrogen) atoms. The Morgan fingerprint density at radius 3 is 2.39 bits per heavy atom. The van der Waals surface area contributed by atoms with Gasteiger partial charge in [0.25, 0.3) is 0 Å². The van der Waals surface area contributed by atoms with Crippen LogP contribution in [0.15, 0.2) is 41.3 Å². The number of likely N-dealkylation sites (tertiary alicyclic amines) is 1. The van der Waals surface area contributed by atoms with Crippen molar-refractivity contribution in [3.63, 3.8) is 0 Å². The third-order valence-electron chi connectivity index (χ3n) is 7.53. The zero-order valence-electron chi connectivity index (χ0n) is 18.5. The molecule has 0 bridgehead atoms. The standard InChI is InChI=1S/C25H27F2NO4S/c1-16-7-9-18(10-8-16)33(30,31)25-13-4-14-28(24(29)17-5-2-3-6-17)21(25)15-32-23-20(27)12-11-19(26)22(23)25/h7-12,17,21H,2-6,13-15H2,1H3/t21-,25+/m0/s1. The van der Waals surface area contributed by atoms with Gasteiger partial charge >= 0.3 is 0 Å². The van der Waals surface area contributed by atoms with Gasteiger partial charge in [-0.2, -0.15) is 0 Å². The molecule has 0 N–H and O–H groups in total. The molecule has 3 aliphatic rings. The average molecular weight is 476 g/mol. The number of amides is 1. The number of nitrogens with zero attached hydrogens (tertiary/aromatic N) is 1. The van der Waals surface area contributed by atoms with Gasteiger partial charge < -0.3 is 9.64 Å². The number of carbonyl (C=O) groups is 1. The van der Waals surface area contributed by atoms with Crippen molar-refractivity contribution in [3.8, 4) is 5.75 Å². The first kappa shape index (κ1) is 22.3. The lowest BCUT2D eigenvalue weighted by Gasteiger charge is -2.52. The van der Waals surface area contributed by atoms with Crippen molar-refractivity contribution in [2.24, 2.45) is 5.92 Å². The van der Waals surface area contributed by atoms with Gasteiger partial charge in [-0.25, -0.2) is 17.2 Å². The normalized spacial score (nSPS) is 25.3. The number of carbonyl (C=O) groups excluding carboxylic acids is 1. The Morgan fingerprint density at radius 2 is 1.70 bits per heavy atom. The van der Waals surface area contributed by atoms with Crippen molar-refractivity contribution in [3.05, 3.63) is 59.2 Å². The van der Waals surface area contributed by atoms with Crippen LogP contribution in [0.2, 0.25) is 0 Å². The fourth-order valence-corrected chi connectivity index (χ4v) is 8.22. The predicted molar refractivity (Wildman–Crippen MR) is 119 cm³/mol. The van der Waals surface area contributed by atoms with Crippen LogP contribution < -0.4 is 4.74 Å². The van der Waals surface area contributed by atoms with E-state index in [4.69, 9.17) is 4.74 Å². The SMILES string of the molecule is Cc1ccc(S(=O)(=O)[C@]23CCCN(C(=O)C4CCCC4)[C@H]2COc2c(F)ccc(F)c23)cc1. The molecule has 1 amide bonds. The molecule has 2 aromatic carbocycles. The monoisotopic (exact) mass is 475 g/mol. The summed E-state index contributed by atoms with van der Waals surface area (Å²) in [6.07, 6.45) is 3.90. The molecular weight excluding hydrogens is 448 g/mol. The fraction of sp³-hybridized carbons (Fsp3) is 0.480. The number of rotatable bonds is 3. The first-order valence-corrected chi connectivity index (χ1v) is 13.0. The lowest BCUT2D eigenvalue weighted by molar-refractivity contribution is -0.142. The third-order valence-corrected chi connectivity index (χ3v) is 10.1. The second-order valence-corrected chi connectivity index (χ2v) is 11.6. The van der Waals surface area contributed by atoms with Crippen LogP contribution in [0.3, 0.4) is 0 Å².